The van der Waals surface area contributed by atoms with Gasteiger partial charge in [-0.15, -0.1) is 0 Å². The Bertz CT molecular complexity index is 2130. The van der Waals surface area contributed by atoms with Crippen LogP contribution in [0.25, 0.3) is 11.1 Å². The topological polar surface area (TPSA) is 89.9 Å². The van der Waals surface area contributed by atoms with Crippen molar-refractivity contribution in [2.24, 2.45) is 5.41 Å². The highest BCUT2D eigenvalue weighted by Crippen LogP contribution is 2.59. The minimum atomic E-state index is -1.27. The Morgan fingerprint density at radius 1 is 0.800 bits per heavy atom. The summed E-state index contributed by atoms with van der Waals surface area (Å²) in [4.78, 5) is 30.9. The van der Waals surface area contributed by atoms with Crippen LogP contribution >= 0.6 is 0 Å². The van der Waals surface area contributed by atoms with E-state index in [-0.39, 0.29) is 24.3 Å². The van der Waals surface area contributed by atoms with Gasteiger partial charge in [0.1, 0.15) is 0 Å². The summed E-state index contributed by atoms with van der Waals surface area (Å²) in [5.74, 6) is -0.244. The molecule has 8 rings (SSSR count). The first-order valence-electron chi connectivity index (χ1n) is 19.7. The maximum absolute atomic E-state index is 15.0. The zero-order valence-electron chi connectivity index (χ0n) is 32.0. The molecule has 0 aliphatic heterocycles. The van der Waals surface area contributed by atoms with Crippen molar-refractivity contribution in [1.82, 2.24) is 4.90 Å². The quantitative estimate of drug-likeness (QED) is 0.109. The predicted octanol–water partition coefficient (Wildman–Crippen LogP) is 10.4. The third-order valence-corrected chi connectivity index (χ3v) is 12.2. The number of benzene rings is 5. The van der Waals surface area contributed by atoms with Crippen LogP contribution in [-0.4, -0.2) is 45.2 Å². The van der Waals surface area contributed by atoms with E-state index < -0.39 is 17.1 Å². The molecule has 0 unspecified atom stereocenters. The molecule has 3 N–H and O–H groups in total. The first-order valence-corrected chi connectivity index (χ1v) is 19.7. The van der Waals surface area contributed by atoms with Crippen LogP contribution in [0.2, 0.25) is 0 Å². The predicted molar refractivity (Wildman–Crippen MR) is 221 cm³/mol. The number of fused-ring (bicyclic) bond motifs is 8. The van der Waals surface area contributed by atoms with Gasteiger partial charge < -0.3 is 20.4 Å². The Hall–Kier alpha value is -5.30. The minimum absolute atomic E-state index is 0.0700. The molecule has 6 nitrogen and oxygen atoms in total. The van der Waals surface area contributed by atoms with Crippen LogP contribution in [0.4, 0.5) is 10.5 Å². The number of aliphatic hydroxyl groups excluding tert-OH is 1. The molecule has 3 aliphatic rings. The van der Waals surface area contributed by atoms with E-state index in [4.69, 9.17) is 0 Å². The second-order valence-electron chi connectivity index (χ2n) is 15.8. The van der Waals surface area contributed by atoms with E-state index in [9.17, 15) is 15.0 Å². The molecule has 1 saturated carbocycles. The van der Waals surface area contributed by atoms with Gasteiger partial charge in [0.05, 0.1) is 18.2 Å². The van der Waals surface area contributed by atoms with Gasteiger partial charge in [-0.3, -0.25) is 4.79 Å². The second-order valence-corrected chi connectivity index (χ2v) is 15.8. The Kier molecular flexibility index (Phi) is 11.5. The number of aliphatic hydroxyl groups is 2. The fourth-order valence-electron chi connectivity index (χ4n) is 8.94. The summed E-state index contributed by atoms with van der Waals surface area (Å²) in [6.45, 7) is 4.74. The van der Waals surface area contributed by atoms with Crippen molar-refractivity contribution in [3.8, 4) is 11.1 Å². The lowest BCUT2D eigenvalue weighted by molar-refractivity contribution is -0.0773. The van der Waals surface area contributed by atoms with Crippen molar-refractivity contribution in [3.05, 3.63) is 173 Å². The van der Waals surface area contributed by atoms with Gasteiger partial charge in [-0.2, -0.15) is 0 Å². The number of carbonyl (C=O) groups excluding carboxylic acids is 2. The van der Waals surface area contributed by atoms with Crippen LogP contribution < -0.4 is 5.32 Å². The van der Waals surface area contributed by atoms with Crippen molar-refractivity contribution in [2.75, 3.05) is 11.9 Å². The number of anilines is 1. The molecule has 2 bridgehead atoms. The van der Waals surface area contributed by atoms with Crippen LogP contribution in [0.5, 0.6) is 0 Å². The van der Waals surface area contributed by atoms with Gasteiger partial charge in [0.25, 0.3) is 0 Å². The lowest BCUT2D eigenvalue weighted by Crippen LogP contribution is -2.54. The first kappa shape index (κ1) is 38.0. The van der Waals surface area contributed by atoms with Crippen molar-refractivity contribution in [2.45, 2.75) is 83.0 Å². The molecule has 55 heavy (non-hydrogen) atoms. The molecule has 0 heterocycles. The number of nitrogens with zero attached hydrogens (tertiary/aromatic N) is 1. The van der Waals surface area contributed by atoms with Crippen molar-refractivity contribution in [3.63, 3.8) is 0 Å². The van der Waals surface area contributed by atoms with Gasteiger partial charge in [0.15, 0.2) is 5.78 Å². The first-order chi connectivity index (χ1) is 26.6. The Labute approximate surface area is 325 Å². The molecule has 0 radical (unpaired) electrons. The Morgan fingerprint density at radius 3 is 2.22 bits per heavy atom. The van der Waals surface area contributed by atoms with Gasteiger partial charge in [-0.05, 0) is 104 Å². The number of ketones is 1. The summed E-state index contributed by atoms with van der Waals surface area (Å²) >= 11 is 0. The van der Waals surface area contributed by atoms with Crippen LogP contribution in [0.1, 0.15) is 90.9 Å². The molecular weight excluding hydrogens is 681 g/mol. The minimum Gasteiger partial charge on any atom is -0.393 e. The molecule has 2 amide bonds. The van der Waals surface area contributed by atoms with Crippen molar-refractivity contribution >= 4 is 17.5 Å². The number of nitrogens with one attached hydrogen (secondary N) is 1. The molecule has 0 saturated heterocycles. The smallest absolute Gasteiger partial charge is 0.322 e. The van der Waals surface area contributed by atoms with E-state index in [1.54, 1.807) is 4.90 Å². The largest absolute Gasteiger partial charge is 0.393 e. The molecule has 0 aromatic heterocycles. The van der Waals surface area contributed by atoms with Crippen LogP contribution in [0.3, 0.4) is 0 Å². The third-order valence-electron chi connectivity index (χ3n) is 12.2. The van der Waals surface area contributed by atoms with E-state index in [0.29, 0.717) is 55.5 Å². The maximum Gasteiger partial charge on any atom is 0.322 e. The number of allylic oxidation sites excluding steroid dienone is 2. The summed E-state index contributed by atoms with van der Waals surface area (Å²) in [6.07, 6.45) is 6.05. The van der Waals surface area contributed by atoms with Crippen molar-refractivity contribution in [1.29, 1.82) is 0 Å². The summed E-state index contributed by atoms with van der Waals surface area (Å²) in [6, 6.07) is 42.9. The van der Waals surface area contributed by atoms with E-state index >= 15 is 4.79 Å². The average Bonchev–Trinajstić information content (AvgIpc) is 3.46. The van der Waals surface area contributed by atoms with E-state index in [0.717, 1.165) is 40.7 Å². The molecule has 4 atom stereocenters. The highest BCUT2D eigenvalue weighted by Gasteiger charge is 2.57. The molecule has 1 fully saturated rings. The van der Waals surface area contributed by atoms with Gasteiger partial charge in [0, 0.05) is 28.8 Å². The Morgan fingerprint density at radius 2 is 1.47 bits per heavy atom. The van der Waals surface area contributed by atoms with Gasteiger partial charge in [-0.1, -0.05) is 134 Å². The number of carbonyl (C=O) groups is 2. The number of hydrogen-bond acceptors (Lipinski definition) is 4. The third kappa shape index (κ3) is 8.36. The second kappa shape index (κ2) is 16.6. The SMILES string of the molecule is CC1=CCC[C@@]2(C)[C@@H](CC[C@@]2(O)CN(Cc2ccccc2)C(=O)Nc2ccccc2)c2ccc(cc2C(=O)c2ccccc2-c2ccccc2)C[C@@H](O)CC1. The monoisotopic (exact) mass is 732 g/mol. The number of hydrogen-bond donors (Lipinski definition) is 3. The molecule has 3 aliphatic carbocycles. The highest BCUT2D eigenvalue weighted by atomic mass is 16.3. The van der Waals surface area contributed by atoms with E-state index in [1.165, 1.54) is 5.57 Å². The van der Waals surface area contributed by atoms with Gasteiger partial charge in [0.2, 0.25) is 0 Å². The summed E-state index contributed by atoms with van der Waals surface area (Å²) in [5.41, 5.74) is 5.80. The van der Waals surface area contributed by atoms with E-state index in [2.05, 4.69) is 37.4 Å². The fraction of sp³-hybridized carbons (Fsp3) is 0.306. The zero-order valence-corrected chi connectivity index (χ0v) is 32.0. The molecule has 282 valence electrons. The summed E-state index contributed by atoms with van der Waals surface area (Å²) in [7, 11) is 0. The molecule has 5 aromatic carbocycles. The number of urea groups is 1. The summed E-state index contributed by atoms with van der Waals surface area (Å²) in [5, 5.41) is 27.3. The lowest BCUT2D eigenvalue weighted by atomic mass is 9.64. The van der Waals surface area contributed by atoms with Crippen molar-refractivity contribution < 1.29 is 19.8 Å². The number of rotatable bonds is 8. The van der Waals surface area contributed by atoms with E-state index in [1.807, 2.05) is 121 Å². The zero-order chi connectivity index (χ0) is 38.4. The van der Waals surface area contributed by atoms with Gasteiger partial charge >= 0.3 is 6.03 Å². The Balaban J connectivity index is 1.31. The standard InChI is InChI=1S/C49H52N2O4/c1-35-15-14-29-48(2)45(28-30-49(48,55)34-51(33-36-16-6-3-7-17-36)47(54)50-39-20-10-5-11-21-39)42-27-25-37(31-40(52)26-24-35)32-44(42)46(53)43-23-13-12-22-41(43)38-18-8-4-9-19-38/h3-13,15-23,25,27,32,40,45,52,55H,14,24,26,28-31,33-34H2,1-2H3,(H,50,54)/t40-,45-,48-,49+/m0/s1. The fourth-order valence-corrected chi connectivity index (χ4v) is 8.94. The lowest BCUT2D eigenvalue weighted by Gasteiger charge is -2.46. The van der Waals surface area contributed by atoms with Crippen LogP contribution in [-0.2, 0) is 13.0 Å². The molecule has 6 heteroatoms. The number of amides is 2. The molecule has 0 spiro atoms. The highest BCUT2D eigenvalue weighted by molar-refractivity contribution is 6.13. The summed E-state index contributed by atoms with van der Waals surface area (Å²) < 4.78 is 0. The van der Waals surface area contributed by atoms with Gasteiger partial charge in [-0.25, -0.2) is 4.79 Å². The van der Waals surface area contributed by atoms with Crippen LogP contribution in [0, 0.1) is 5.41 Å². The maximum atomic E-state index is 15.0. The molecule has 5 aromatic rings. The normalized spacial score (nSPS) is 22.6. The van der Waals surface area contributed by atoms with Crippen LogP contribution in [0.15, 0.2) is 145 Å². The molecular formula is C49H52N2O4. The number of para-hydroxylation sites is 1. The average molecular weight is 733 g/mol.